The first-order valence-electron chi connectivity index (χ1n) is 10.1. The van der Waals surface area contributed by atoms with Crippen molar-refractivity contribution >= 4 is 23.2 Å². The molecule has 0 spiro atoms. The molecule has 0 aliphatic heterocycles. The average Bonchev–Trinajstić information content (AvgIpc) is 3.22. The fourth-order valence-corrected chi connectivity index (χ4v) is 4.17. The Morgan fingerprint density at radius 1 is 1.39 bits per heavy atom. The summed E-state index contributed by atoms with van der Waals surface area (Å²) in [5.41, 5.74) is 2.06. The highest BCUT2D eigenvalue weighted by molar-refractivity contribution is 6.30. The maximum atomic E-state index is 14.4. The van der Waals surface area contributed by atoms with Crippen LogP contribution in [0.15, 0.2) is 47.3 Å². The van der Waals surface area contributed by atoms with Gasteiger partial charge in [0.25, 0.3) is 0 Å². The number of nitrogens with one attached hydrogen (secondary N) is 1. The molecule has 162 valence electrons. The molecule has 2 aromatic heterocycles. The van der Waals surface area contributed by atoms with Crippen LogP contribution in [0.25, 0.3) is 0 Å². The number of aromatic nitrogens is 2. The van der Waals surface area contributed by atoms with Gasteiger partial charge in [-0.05, 0) is 48.6 Å². The van der Waals surface area contributed by atoms with Gasteiger partial charge < -0.3 is 14.8 Å². The van der Waals surface area contributed by atoms with Crippen LogP contribution in [0, 0.1) is 12.8 Å². The Morgan fingerprint density at radius 3 is 2.90 bits per heavy atom. The van der Waals surface area contributed by atoms with E-state index >= 15 is 0 Å². The number of furan rings is 1. The predicted octanol–water partition coefficient (Wildman–Crippen LogP) is 4.37. The lowest BCUT2D eigenvalue weighted by Crippen LogP contribution is -2.32. The molecule has 1 saturated carbocycles. The minimum Gasteiger partial charge on any atom is -0.458 e. The number of halogens is 2. The second-order valence-electron chi connectivity index (χ2n) is 8.01. The Kier molecular flexibility index (Phi) is 6.07. The Balaban J connectivity index is 1.57. The van der Waals surface area contributed by atoms with E-state index in [2.05, 4.69) is 15.3 Å². The summed E-state index contributed by atoms with van der Waals surface area (Å²) in [6, 6.07) is 8.57. The van der Waals surface area contributed by atoms with Gasteiger partial charge in [-0.15, -0.1) is 0 Å². The van der Waals surface area contributed by atoms with E-state index in [4.69, 9.17) is 16.0 Å². The smallest absolute Gasteiger partial charge is 0.233 e. The van der Waals surface area contributed by atoms with E-state index in [-0.39, 0.29) is 23.1 Å². The van der Waals surface area contributed by atoms with Gasteiger partial charge in [-0.1, -0.05) is 30.7 Å². The monoisotopic (exact) mass is 443 g/mol. The summed E-state index contributed by atoms with van der Waals surface area (Å²) in [4.78, 5) is 21.2. The second kappa shape index (κ2) is 8.77. The zero-order chi connectivity index (χ0) is 22.1. The van der Waals surface area contributed by atoms with Crippen LogP contribution < -0.4 is 5.32 Å². The molecule has 4 rings (SSSR count). The van der Waals surface area contributed by atoms with E-state index in [1.165, 1.54) is 12.5 Å². The standard InChI is InChI=1S/C23H23ClFN3O3/c1-12-6-18(20(25)21(12)29)28-23-17(10-26-11-27-23)22(30)19-9-15(13(2)31-19)7-14-4-3-5-16(24)8-14/h3-5,8-12,18,20-21,29H,6-7H2,1-2H3,(H,26,27,28)/t12-,18-,20-,21-/m1/s1. The number of rotatable bonds is 6. The molecule has 1 aliphatic carbocycles. The number of benzene rings is 1. The number of aryl methyl sites for hydroxylation is 1. The molecule has 0 radical (unpaired) electrons. The molecule has 8 heteroatoms. The summed E-state index contributed by atoms with van der Waals surface area (Å²) in [5, 5.41) is 13.5. The lowest BCUT2D eigenvalue weighted by molar-refractivity contribution is 0.0725. The van der Waals surface area contributed by atoms with Gasteiger partial charge in [-0.25, -0.2) is 14.4 Å². The van der Waals surface area contributed by atoms with Gasteiger partial charge in [0.05, 0.1) is 17.7 Å². The molecule has 2 heterocycles. The van der Waals surface area contributed by atoms with E-state index < -0.39 is 24.1 Å². The number of ketones is 1. The third-order valence-electron chi connectivity index (χ3n) is 5.73. The highest BCUT2D eigenvalue weighted by Crippen LogP contribution is 2.32. The number of aliphatic hydroxyl groups is 1. The molecular weight excluding hydrogens is 421 g/mol. The molecule has 0 amide bonds. The first kappa shape index (κ1) is 21.5. The van der Waals surface area contributed by atoms with Crippen molar-refractivity contribution in [3.8, 4) is 0 Å². The lowest BCUT2D eigenvalue weighted by atomic mass is 10.0. The Morgan fingerprint density at radius 2 is 2.19 bits per heavy atom. The van der Waals surface area contributed by atoms with Crippen LogP contribution in [-0.2, 0) is 6.42 Å². The second-order valence-corrected chi connectivity index (χ2v) is 8.45. The first-order valence-corrected chi connectivity index (χ1v) is 10.5. The van der Waals surface area contributed by atoms with Gasteiger partial charge in [0.1, 0.15) is 24.1 Å². The van der Waals surface area contributed by atoms with Gasteiger partial charge in [0.2, 0.25) is 5.78 Å². The Hall–Kier alpha value is -2.77. The van der Waals surface area contributed by atoms with Gasteiger partial charge in [0.15, 0.2) is 5.76 Å². The number of nitrogens with zero attached hydrogens (tertiary/aromatic N) is 2. The highest BCUT2D eigenvalue weighted by Gasteiger charge is 2.41. The molecule has 4 atom stereocenters. The Labute approximate surface area is 184 Å². The molecule has 31 heavy (non-hydrogen) atoms. The van der Waals surface area contributed by atoms with E-state index in [1.807, 2.05) is 18.2 Å². The molecule has 1 aliphatic rings. The zero-order valence-corrected chi connectivity index (χ0v) is 17.9. The van der Waals surface area contributed by atoms with Crippen molar-refractivity contribution in [3.05, 3.63) is 76.1 Å². The van der Waals surface area contributed by atoms with Crippen LogP contribution >= 0.6 is 11.6 Å². The fraction of sp³-hybridized carbons (Fsp3) is 0.348. The largest absolute Gasteiger partial charge is 0.458 e. The molecule has 3 aromatic rings. The molecule has 0 saturated heterocycles. The van der Waals surface area contributed by atoms with Crippen molar-refractivity contribution in [1.82, 2.24) is 9.97 Å². The van der Waals surface area contributed by atoms with Crippen LogP contribution in [0.2, 0.25) is 5.02 Å². The molecule has 2 N–H and O–H groups in total. The van der Waals surface area contributed by atoms with Crippen molar-refractivity contribution in [1.29, 1.82) is 0 Å². The maximum Gasteiger partial charge on any atom is 0.233 e. The molecular formula is C23H23ClFN3O3. The van der Waals surface area contributed by atoms with Crippen molar-refractivity contribution < 1.29 is 18.7 Å². The Bertz CT molecular complexity index is 1100. The number of hydrogen-bond donors (Lipinski definition) is 2. The summed E-state index contributed by atoms with van der Waals surface area (Å²) < 4.78 is 20.1. The number of aliphatic hydroxyl groups excluding tert-OH is 1. The number of carbonyl (C=O) groups excluding carboxylic acids is 1. The predicted molar refractivity (Wildman–Crippen MR) is 115 cm³/mol. The van der Waals surface area contributed by atoms with Gasteiger partial charge >= 0.3 is 0 Å². The molecule has 0 unspecified atom stereocenters. The van der Waals surface area contributed by atoms with Crippen LogP contribution in [0.3, 0.4) is 0 Å². The van der Waals surface area contributed by atoms with Gasteiger partial charge in [0, 0.05) is 17.6 Å². The summed E-state index contributed by atoms with van der Waals surface area (Å²) >= 11 is 6.06. The normalized spacial score (nSPS) is 23.1. The fourth-order valence-electron chi connectivity index (χ4n) is 3.95. The zero-order valence-electron chi connectivity index (χ0n) is 17.2. The molecule has 1 aromatic carbocycles. The van der Waals surface area contributed by atoms with Crippen LogP contribution in [-0.4, -0.2) is 39.2 Å². The SMILES string of the molecule is Cc1oc(C(=O)c2cncnc2N[C@@H]2C[C@@H](C)[C@@H](O)[C@@H]2F)cc1Cc1cccc(Cl)c1. The van der Waals surface area contributed by atoms with Crippen LogP contribution in [0.4, 0.5) is 10.2 Å². The van der Waals surface area contributed by atoms with Crippen LogP contribution in [0.5, 0.6) is 0 Å². The minimum atomic E-state index is -1.44. The van der Waals surface area contributed by atoms with Crippen molar-refractivity contribution in [3.63, 3.8) is 0 Å². The molecule has 0 bridgehead atoms. The highest BCUT2D eigenvalue weighted by atomic mass is 35.5. The van der Waals surface area contributed by atoms with Crippen molar-refractivity contribution in [2.75, 3.05) is 5.32 Å². The molecule has 1 fully saturated rings. The van der Waals surface area contributed by atoms with E-state index in [1.54, 1.807) is 26.0 Å². The van der Waals surface area contributed by atoms with Gasteiger partial charge in [-0.3, -0.25) is 4.79 Å². The lowest BCUT2D eigenvalue weighted by Gasteiger charge is -2.17. The van der Waals surface area contributed by atoms with Crippen LogP contribution in [0.1, 0.15) is 46.3 Å². The number of anilines is 1. The summed E-state index contributed by atoms with van der Waals surface area (Å²) in [5.74, 6) is 0.426. The van der Waals surface area contributed by atoms with E-state index in [9.17, 15) is 14.3 Å². The number of alkyl halides is 1. The third-order valence-corrected chi connectivity index (χ3v) is 5.96. The summed E-state index contributed by atoms with van der Waals surface area (Å²) in [6.45, 7) is 3.59. The summed E-state index contributed by atoms with van der Waals surface area (Å²) in [6.07, 6.45) is 1.20. The van der Waals surface area contributed by atoms with Crippen molar-refractivity contribution in [2.45, 2.75) is 45.0 Å². The maximum absolute atomic E-state index is 14.4. The minimum absolute atomic E-state index is 0.156. The van der Waals surface area contributed by atoms with E-state index in [0.717, 1.165) is 11.1 Å². The third kappa shape index (κ3) is 4.48. The van der Waals surface area contributed by atoms with E-state index in [0.29, 0.717) is 23.6 Å². The number of hydrogen-bond acceptors (Lipinski definition) is 6. The topological polar surface area (TPSA) is 88.2 Å². The first-order chi connectivity index (χ1) is 14.8. The average molecular weight is 444 g/mol. The summed E-state index contributed by atoms with van der Waals surface area (Å²) in [7, 11) is 0. The quantitative estimate of drug-likeness (QED) is 0.550. The van der Waals surface area contributed by atoms with Gasteiger partial charge in [-0.2, -0.15) is 0 Å². The molecule has 6 nitrogen and oxygen atoms in total. The number of carbonyl (C=O) groups is 1. The van der Waals surface area contributed by atoms with Crippen molar-refractivity contribution in [2.24, 2.45) is 5.92 Å².